The summed E-state index contributed by atoms with van der Waals surface area (Å²) in [7, 11) is 1.65. The number of nitrogens with zero attached hydrogens (tertiary/aromatic N) is 1. The van der Waals surface area contributed by atoms with E-state index >= 15 is 0 Å². The minimum absolute atomic E-state index is 0. The summed E-state index contributed by atoms with van der Waals surface area (Å²) in [4.78, 5) is 27.5. The predicted molar refractivity (Wildman–Crippen MR) is 165 cm³/mol. The molecule has 0 saturated carbocycles. The number of ether oxygens (including phenoxy) is 1. The summed E-state index contributed by atoms with van der Waals surface area (Å²) in [5, 5.41) is 14.4. The van der Waals surface area contributed by atoms with Gasteiger partial charge in [-0.3, -0.25) is 4.79 Å². The van der Waals surface area contributed by atoms with Crippen LogP contribution in [0.4, 0.5) is 5.69 Å². The Hall–Kier alpha value is -3.63. The molecule has 4 aromatic rings. The number of aryl methyl sites for hydroxylation is 1. The van der Waals surface area contributed by atoms with Crippen LogP contribution in [0.25, 0.3) is 11.1 Å². The van der Waals surface area contributed by atoms with Crippen molar-refractivity contribution in [1.82, 2.24) is 5.32 Å². The number of carboxylic acid groups (broad SMARTS) is 1. The van der Waals surface area contributed by atoms with E-state index < -0.39 is 17.9 Å². The number of thioether (sulfide) groups is 1. The Morgan fingerprint density at radius 3 is 2.19 bits per heavy atom. The molecular formula is C34H35LiN2O4S. The molecule has 4 rings (SSSR count). The van der Waals surface area contributed by atoms with Gasteiger partial charge in [-0.05, 0) is 89.6 Å². The molecule has 0 saturated heterocycles. The number of hydrogen-bond acceptors (Lipinski definition) is 6. The van der Waals surface area contributed by atoms with Gasteiger partial charge in [-0.25, -0.2) is 0 Å². The van der Waals surface area contributed by atoms with E-state index in [-0.39, 0.29) is 18.9 Å². The van der Waals surface area contributed by atoms with Crippen LogP contribution < -0.4 is 38.9 Å². The minimum atomic E-state index is -1.28. The Kier molecular flexibility index (Phi) is 12.6. The van der Waals surface area contributed by atoms with Crippen LogP contribution in [0.1, 0.15) is 33.5 Å². The van der Waals surface area contributed by atoms with Gasteiger partial charge < -0.3 is 24.9 Å². The quantitative estimate of drug-likeness (QED) is 0.247. The van der Waals surface area contributed by atoms with Crippen molar-refractivity contribution in [3.05, 3.63) is 119 Å². The molecule has 1 unspecified atom stereocenters. The fourth-order valence-corrected chi connectivity index (χ4v) is 5.23. The van der Waals surface area contributed by atoms with Gasteiger partial charge >= 0.3 is 18.9 Å². The number of methoxy groups -OCH3 is 1. The molecule has 42 heavy (non-hydrogen) atoms. The van der Waals surface area contributed by atoms with Gasteiger partial charge in [0.2, 0.25) is 0 Å². The average Bonchev–Trinajstić information content (AvgIpc) is 2.99. The summed E-state index contributed by atoms with van der Waals surface area (Å²) in [6.45, 7) is 3.29. The number of carbonyl (C=O) groups excluding carboxylic acids is 2. The maximum atomic E-state index is 13.5. The van der Waals surface area contributed by atoms with E-state index in [1.807, 2.05) is 92.0 Å². The van der Waals surface area contributed by atoms with Crippen LogP contribution in [-0.2, 0) is 17.9 Å². The molecule has 0 aliphatic carbocycles. The molecular weight excluding hydrogens is 539 g/mol. The van der Waals surface area contributed by atoms with Gasteiger partial charge in [-0.1, -0.05) is 60.7 Å². The molecule has 8 heteroatoms. The van der Waals surface area contributed by atoms with E-state index in [1.165, 1.54) is 17.3 Å². The zero-order chi connectivity index (χ0) is 29.2. The largest absolute Gasteiger partial charge is 1.00 e. The summed E-state index contributed by atoms with van der Waals surface area (Å²) in [5.74, 6) is -0.317. The van der Waals surface area contributed by atoms with Crippen LogP contribution in [0.15, 0.2) is 97.1 Å². The molecule has 0 fully saturated rings. The Bertz CT molecular complexity index is 1460. The molecule has 1 atom stereocenters. The topological polar surface area (TPSA) is 81.7 Å². The van der Waals surface area contributed by atoms with E-state index in [1.54, 1.807) is 13.2 Å². The van der Waals surface area contributed by atoms with Crippen LogP contribution in [0.3, 0.4) is 0 Å². The molecule has 0 spiro atoms. The summed E-state index contributed by atoms with van der Waals surface area (Å²) in [6.07, 6.45) is 2.19. The predicted octanol–water partition coefficient (Wildman–Crippen LogP) is 2.48. The second-order valence-electron chi connectivity index (χ2n) is 9.86. The Balaban J connectivity index is 0.00000484. The SMILES string of the molecule is COc1ccc(N(Cc2ccccc2)Cc2ccc(C(=O)NC(CCSC)C(=O)[O-])c(-c3ccccc3C)c2)cc1.[Li+]. The van der Waals surface area contributed by atoms with Crippen LogP contribution in [-0.4, -0.2) is 37.0 Å². The molecule has 1 amide bonds. The van der Waals surface area contributed by atoms with Crippen LogP contribution in [0, 0.1) is 6.92 Å². The Labute approximate surface area is 264 Å². The van der Waals surface area contributed by atoms with E-state index in [2.05, 4.69) is 22.3 Å². The third-order valence-corrected chi connectivity index (χ3v) is 7.64. The molecule has 0 bridgehead atoms. The fraction of sp³-hybridized carbons (Fsp3) is 0.235. The maximum Gasteiger partial charge on any atom is 1.00 e. The summed E-state index contributed by atoms with van der Waals surface area (Å²) >= 11 is 1.53. The van der Waals surface area contributed by atoms with E-state index in [0.717, 1.165) is 33.7 Å². The van der Waals surface area contributed by atoms with Crippen molar-refractivity contribution in [3.8, 4) is 16.9 Å². The van der Waals surface area contributed by atoms with Gasteiger partial charge in [0.05, 0.1) is 19.1 Å². The zero-order valence-electron chi connectivity index (χ0n) is 24.6. The van der Waals surface area contributed by atoms with Crippen LogP contribution in [0.5, 0.6) is 5.75 Å². The third-order valence-electron chi connectivity index (χ3n) is 6.99. The standard InChI is InChI=1S/C34H36N2O4S.Li/c1-24-9-7-8-12-29(24)31-21-26(13-18-30(31)33(37)35-32(34(38)39)19-20-41-3)23-36(22-25-10-5-4-6-11-25)27-14-16-28(40-2)17-15-27;/h4-18,21,32H,19-20,22-23H2,1-3H3,(H,35,37)(H,38,39);/q;+1/p-1. The normalized spacial score (nSPS) is 11.2. The Morgan fingerprint density at radius 1 is 0.881 bits per heavy atom. The molecule has 212 valence electrons. The molecule has 0 aliphatic rings. The Morgan fingerprint density at radius 2 is 1.55 bits per heavy atom. The van der Waals surface area contributed by atoms with Crippen molar-refractivity contribution in [2.75, 3.05) is 24.0 Å². The van der Waals surface area contributed by atoms with E-state index in [9.17, 15) is 14.7 Å². The van der Waals surface area contributed by atoms with Crippen molar-refractivity contribution in [1.29, 1.82) is 0 Å². The van der Waals surface area contributed by atoms with E-state index in [4.69, 9.17) is 4.74 Å². The monoisotopic (exact) mass is 574 g/mol. The van der Waals surface area contributed by atoms with E-state index in [0.29, 0.717) is 30.8 Å². The first kappa shape index (κ1) is 32.9. The van der Waals surface area contributed by atoms with Gasteiger partial charge in [-0.2, -0.15) is 11.8 Å². The number of rotatable bonds is 13. The average molecular weight is 575 g/mol. The minimum Gasteiger partial charge on any atom is -0.548 e. The van der Waals surface area contributed by atoms with Gasteiger partial charge in [0.25, 0.3) is 5.91 Å². The first-order valence-corrected chi connectivity index (χ1v) is 14.9. The van der Waals surface area contributed by atoms with Crippen molar-refractivity contribution in [2.24, 2.45) is 0 Å². The first-order chi connectivity index (χ1) is 19.9. The first-order valence-electron chi connectivity index (χ1n) is 13.5. The molecule has 0 heterocycles. The molecule has 4 aromatic carbocycles. The number of hydrogen-bond donors (Lipinski definition) is 1. The van der Waals surface area contributed by atoms with Crippen LogP contribution >= 0.6 is 11.8 Å². The van der Waals surface area contributed by atoms with Crippen molar-refractivity contribution < 1.29 is 38.3 Å². The van der Waals surface area contributed by atoms with Crippen molar-refractivity contribution in [3.63, 3.8) is 0 Å². The van der Waals surface area contributed by atoms with Gasteiger partial charge in [-0.15, -0.1) is 0 Å². The molecule has 6 nitrogen and oxygen atoms in total. The number of carboxylic acids is 1. The second kappa shape index (κ2) is 16.1. The van der Waals surface area contributed by atoms with Crippen molar-refractivity contribution in [2.45, 2.75) is 32.5 Å². The number of amides is 1. The zero-order valence-corrected chi connectivity index (χ0v) is 25.4. The summed E-state index contributed by atoms with van der Waals surface area (Å²) in [6, 6.07) is 30.9. The fourth-order valence-electron chi connectivity index (χ4n) is 4.76. The number of carbonyl (C=O) groups is 2. The number of aliphatic carboxylic acids is 1. The molecule has 1 N–H and O–H groups in total. The number of nitrogens with one attached hydrogen (secondary N) is 1. The molecule has 0 aromatic heterocycles. The number of benzene rings is 4. The molecule has 0 radical (unpaired) electrons. The van der Waals surface area contributed by atoms with Gasteiger partial charge in [0, 0.05) is 24.3 Å². The van der Waals surface area contributed by atoms with Crippen LogP contribution in [0.2, 0.25) is 0 Å². The smallest absolute Gasteiger partial charge is 0.548 e. The summed E-state index contributed by atoms with van der Waals surface area (Å²) in [5.41, 5.74) is 6.37. The van der Waals surface area contributed by atoms with Crippen molar-refractivity contribution >= 4 is 29.3 Å². The third kappa shape index (κ3) is 8.69. The second-order valence-corrected chi connectivity index (χ2v) is 10.8. The summed E-state index contributed by atoms with van der Waals surface area (Å²) < 4.78 is 5.36. The van der Waals surface area contributed by atoms with Gasteiger partial charge in [0.1, 0.15) is 5.75 Å². The number of anilines is 1. The molecule has 0 aliphatic heterocycles. The van der Waals surface area contributed by atoms with Gasteiger partial charge in [0.15, 0.2) is 0 Å². The maximum absolute atomic E-state index is 13.5.